The molecule has 0 unspecified atom stereocenters. The zero-order valence-corrected chi connectivity index (χ0v) is 8.12. The van der Waals surface area contributed by atoms with Gasteiger partial charge in [-0.2, -0.15) is 0 Å². The molecule has 1 aromatic heterocycles. The maximum Gasteiger partial charge on any atom is 0.291 e. The smallest absolute Gasteiger partial charge is 0.291 e. The maximum atomic E-state index is 11.8. The molecule has 0 saturated carbocycles. The number of rotatable bonds is 1. The number of hydrogen-bond acceptors (Lipinski definition) is 4. The lowest BCUT2D eigenvalue weighted by molar-refractivity contribution is 0.0702. The van der Waals surface area contributed by atoms with E-state index in [4.69, 9.17) is 4.42 Å². The van der Waals surface area contributed by atoms with Crippen LogP contribution in [0.3, 0.4) is 0 Å². The summed E-state index contributed by atoms with van der Waals surface area (Å²) in [5, 5.41) is 3.19. The first-order valence-corrected chi connectivity index (χ1v) is 4.70. The van der Waals surface area contributed by atoms with E-state index in [0.29, 0.717) is 11.7 Å². The molecule has 0 radical (unpaired) electrons. The Kier molecular flexibility index (Phi) is 2.49. The molecule has 2 rings (SSSR count). The van der Waals surface area contributed by atoms with Crippen molar-refractivity contribution in [1.29, 1.82) is 0 Å². The monoisotopic (exact) mass is 195 g/mol. The lowest BCUT2D eigenvalue weighted by atomic mass is 10.3. The molecule has 76 valence electrons. The van der Waals surface area contributed by atoms with Gasteiger partial charge in [-0.1, -0.05) is 0 Å². The predicted molar refractivity (Wildman–Crippen MR) is 50.0 cm³/mol. The molecule has 0 aromatic carbocycles. The lowest BCUT2D eigenvalue weighted by Crippen LogP contribution is -2.46. The Morgan fingerprint density at radius 3 is 2.86 bits per heavy atom. The molecule has 1 aromatic rings. The first-order chi connectivity index (χ1) is 6.77. The minimum absolute atomic E-state index is 0.0629. The molecule has 1 N–H and O–H groups in total. The second-order valence-corrected chi connectivity index (χ2v) is 3.29. The van der Waals surface area contributed by atoms with Crippen LogP contribution in [0.4, 0.5) is 0 Å². The van der Waals surface area contributed by atoms with Crippen LogP contribution in [-0.4, -0.2) is 42.0 Å². The van der Waals surface area contributed by atoms with Crippen LogP contribution in [0.15, 0.2) is 10.6 Å². The zero-order valence-electron chi connectivity index (χ0n) is 8.12. The Bertz CT molecular complexity index is 329. The van der Waals surface area contributed by atoms with Crippen LogP contribution in [0.5, 0.6) is 0 Å². The fourth-order valence-electron chi connectivity index (χ4n) is 1.48. The van der Waals surface area contributed by atoms with Gasteiger partial charge in [0.2, 0.25) is 5.76 Å². The topological polar surface area (TPSA) is 58.4 Å². The van der Waals surface area contributed by atoms with E-state index >= 15 is 0 Å². The molecule has 0 atom stereocenters. The summed E-state index contributed by atoms with van der Waals surface area (Å²) < 4.78 is 5.18. The SMILES string of the molecule is Cc1ncc(C(=O)N2CCNCC2)o1. The van der Waals surface area contributed by atoms with Gasteiger partial charge in [-0.3, -0.25) is 4.79 Å². The number of piperazine rings is 1. The van der Waals surface area contributed by atoms with E-state index in [0.717, 1.165) is 26.2 Å². The summed E-state index contributed by atoms with van der Waals surface area (Å²) in [7, 11) is 0. The van der Waals surface area contributed by atoms with Gasteiger partial charge >= 0.3 is 0 Å². The van der Waals surface area contributed by atoms with Gasteiger partial charge in [0.15, 0.2) is 5.89 Å². The van der Waals surface area contributed by atoms with Crippen LogP contribution in [-0.2, 0) is 0 Å². The number of aryl methyl sites for hydroxylation is 1. The average molecular weight is 195 g/mol. The highest BCUT2D eigenvalue weighted by molar-refractivity contribution is 5.91. The molecule has 1 saturated heterocycles. The molecule has 2 heterocycles. The van der Waals surface area contributed by atoms with Gasteiger partial charge in [0, 0.05) is 33.1 Å². The van der Waals surface area contributed by atoms with Gasteiger partial charge in [-0.15, -0.1) is 0 Å². The Labute approximate surface area is 82.1 Å². The third kappa shape index (κ3) is 1.77. The van der Waals surface area contributed by atoms with E-state index in [-0.39, 0.29) is 5.91 Å². The first kappa shape index (κ1) is 9.21. The van der Waals surface area contributed by atoms with Crippen LogP contribution >= 0.6 is 0 Å². The number of aromatic nitrogens is 1. The summed E-state index contributed by atoms with van der Waals surface area (Å²) in [6, 6.07) is 0. The van der Waals surface area contributed by atoms with Crippen molar-refractivity contribution in [3.05, 3.63) is 17.8 Å². The van der Waals surface area contributed by atoms with Crippen LogP contribution in [0.1, 0.15) is 16.4 Å². The van der Waals surface area contributed by atoms with Gasteiger partial charge in [-0.05, 0) is 0 Å². The predicted octanol–water partition coefficient (Wildman–Crippen LogP) is 0.0284. The van der Waals surface area contributed by atoms with Crippen LogP contribution in [0.25, 0.3) is 0 Å². The summed E-state index contributed by atoms with van der Waals surface area (Å²) >= 11 is 0. The van der Waals surface area contributed by atoms with Crippen molar-refractivity contribution in [2.24, 2.45) is 0 Å². The van der Waals surface area contributed by atoms with Crippen molar-refractivity contribution in [2.75, 3.05) is 26.2 Å². The Morgan fingerprint density at radius 2 is 2.29 bits per heavy atom. The largest absolute Gasteiger partial charge is 0.436 e. The van der Waals surface area contributed by atoms with Crippen molar-refractivity contribution in [3.8, 4) is 0 Å². The lowest BCUT2D eigenvalue weighted by Gasteiger charge is -2.26. The zero-order chi connectivity index (χ0) is 9.97. The van der Waals surface area contributed by atoms with Crippen molar-refractivity contribution in [2.45, 2.75) is 6.92 Å². The van der Waals surface area contributed by atoms with Gasteiger partial charge in [0.05, 0.1) is 6.20 Å². The third-order valence-corrected chi connectivity index (χ3v) is 2.24. The molecule has 1 fully saturated rings. The molecule has 5 heteroatoms. The van der Waals surface area contributed by atoms with E-state index in [1.165, 1.54) is 6.20 Å². The van der Waals surface area contributed by atoms with Gasteiger partial charge < -0.3 is 14.6 Å². The Balaban J connectivity index is 2.07. The molecule has 1 aliphatic heterocycles. The molecule has 1 amide bonds. The Hall–Kier alpha value is -1.36. The van der Waals surface area contributed by atoms with Crippen molar-refractivity contribution >= 4 is 5.91 Å². The number of carbonyl (C=O) groups is 1. The molecular weight excluding hydrogens is 182 g/mol. The summed E-state index contributed by atoms with van der Waals surface area (Å²) in [6.07, 6.45) is 1.49. The quantitative estimate of drug-likeness (QED) is 0.686. The van der Waals surface area contributed by atoms with Gasteiger partial charge in [0.25, 0.3) is 5.91 Å². The molecule has 14 heavy (non-hydrogen) atoms. The number of carbonyl (C=O) groups excluding carboxylic acids is 1. The second kappa shape index (κ2) is 3.79. The van der Waals surface area contributed by atoms with Crippen LogP contribution in [0.2, 0.25) is 0 Å². The highest BCUT2D eigenvalue weighted by Crippen LogP contribution is 2.07. The Morgan fingerprint density at radius 1 is 1.57 bits per heavy atom. The summed E-state index contributed by atoms with van der Waals surface area (Å²) in [5.74, 6) is 0.806. The highest BCUT2D eigenvalue weighted by atomic mass is 16.4. The van der Waals surface area contributed by atoms with E-state index in [1.54, 1.807) is 11.8 Å². The molecule has 0 aliphatic carbocycles. The molecule has 5 nitrogen and oxygen atoms in total. The van der Waals surface area contributed by atoms with Crippen molar-refractivity contribution in [1.82, 2.24) is 15.2 Å². The molecule has 1 aliphatic rings. The van der Waals surface area contributed by atoms with Crippen molar-refractivity contribution in [3.63, 3.8) is 0 Å². The maximum absolute atomic E-state index is 11.8. The molecule has 0 bridgehead atoms. The van der Waals surface area contributed by atoms with E-state index < -0.39 is 0 Å². The number of hydrogen-bond donors (Lipinski definition) is 1. The second-order valence-electron chi connectivity index (χ2n) is 3.29. The first-order valence-electron chi connectivity index (χ1n) is 4.70. The number of nitrogens with zero attached hydrogens (tertiary/aromatic N) is 2. The average Bonchev–Trinajstić information content (AvgIpc) is 2.65. The molecule has 0 spiro atoms. The molecular formula is C9H13N3O2. The van der Waals surface area contributed by atoms with Gasteiger partial charge in [-0.25, -0.2) is 4.98 Å². The van der Waals surface area contributed by atoms with E-state index in [9.17, 15) is 4.79 Å². The van der Waals surface area contributed by atoms with Gasteiger partial charge in [0.1, 0.15) is 0 Å². The highest BCUT2D eigenvalue weighted by Gasteiger charge is 2.20. The van der Waals surface area contributed by atoms with Crippen LogP contribution < -0.4 is 5.32 Å². The number of nitrogens with one attached hydrogen (secondary N) is 1. The summed E-state index contributed by atoms with van der Waals surface area (Å²) in [5.41, 5.74) is 0. The third-order valence-electron chi connectivity index (χ3n) is 2.24. The normalized spacial score (nSPS) is 17.1. The number of amides is 1. The number of oxazole rings is 1. The van der Waals surface area contributed by atoms with E-state index in [2.05, 4.69) is 10.3 Å². The summed E-state index contributed by atoms with van der Waals surface area (Å²) in [4.78, 5) is 17.5. The van der Waals surface area contributed by atoms with Crippen LogP contribution in [0, 0.1) is 6.92 Å². The standard InChI is InChI=1S/C9H13N3O2/c1-7-11-6-8(14-7)9(13)12-4-2-10-3-5-12/h6,10H,2-5H2,1H3. The summed E-state index contributed by atoms with van der Waals surface area (Å²) in [6.45, 7) is 4.89. The van der Waals surface area contributed by atoms with Crippen molar-refractivity contribution < 1.29 is 9.21 Å². The fraction of sp³-hybridized carbons (Fsp3) is 0.556. The minimum atomic E-state index is -0.0629. The minimum Gasteiger partial charge on any atom is -0.436 e. The van der Waals surface area contributed by atoms with E-state index in [1.807, 2.05) is 0 Å². The fourth-order valence-corrected chi connectivity index (χ4v) is 1.48.